The van der Waals surface area contributed by atoms with Crippen LogP contribution in [0.1, 0.15) is 49.0 Å². The number of carbonyl (C=O) groups excluding carboxylic acids is 2. The number of amides is 2. The summed E-state index contributed by atoms with van der Waals surface area (Å²) < 4.78 is 0. The van der Waals surface area contributed by atoms with Crippen molar-refractivity contribution in [3.63, 3.8) is 0 Å². The highest BCUT2D eigenvalue weighted by Crippen LogP contribution is 2.26. The summed E-state index contributed by atoms with van der Waals surface area (Å²) in [7, 11) is 0. The summed E-state index contributed by atoms with van der Waals surface area (Å²) in [6, 6.07) is 0.0155. The van der Waals surface area contributed by atoms with Crippen LogP contribution < -0.4 is 5.32 Å². The first-order valence-corrected chi connectivity index (χ1v) is 7.69. The van der Waals surface area contributed by atoms with Gasteiger partial charge in [0.2, 0.25) is 5.91 Å². The van der Waals surface area contributed by atoms with Crippen molar-refractivity contribution in [2.75, 3.05) is 13.1 Å². The lowest BCUT2D eigenvalue weighted by Gasteiger charge is -2.26. The number of nitrogens with zero attached hydrogens (tertiary/aromatic N) is 3. The van der Waals surface area contributed by atoms with Gasteiger partial charge in [-0.2, -0.15) is 15.4 Å². The van der Waals surface area contributed by atoms with Gasteiger partial charge < -0.3 is 10.2 Å². The molecule has 2 amide bonds. The van der Waals surface area contributed by atoms with Crippen molar-refractivity contribution in [2.24, 2.45) is 5.92 Å². The molecule has 2 heterocycles. The Morgan fingerprint density at radius 3 is 2.76 bits per heavy atom. The minimum absolute atomic E-state index is 0.0155. The molecule has 1 saturated heterocycles. The van der Waals surface area contributed by atoms with Gasteiger partial charge in [-0.3, -0.25) is 9.59 Å². The highest BCUT2D eigenvalue weighted by molar-refractivity contribution is 5.92. The van der Waals surface area contributed by atoms with Crippen LogP contribution in [0.4, 0.5) is 0 Å². The predicted molar refractivity (Wildman–Crippen MR) is 75.4 cm³/mol. The lowest BCUT2D eigenvalue weighted by molar-refractivity contribution is -0.135. The SMILES string of the molecule is O=C(NC1CCN(C(=O)C2CCCCC2)C1)c1cn[nH]n1. The second-order valence-corrected chi connectivity index (χ2v) is 5.93. The topological polar surface area (TPSA) is 91.0 Å². The lowest BCUT2D eigenvalue weighted by atomic mass is 9.88. The maximum absolute atomic E-state index is 12.4. The normalized spacial score (nSPS) is 23.2. The molecule has 3 rings (SSSR count). The van der Waals surface area contributed by atoms with E-state index in [4.69, 9.17) is 0 Å². The molecule has 1 saturated carbocycles. The standard InChI is InChI=1S/C14H21N5O2/c20-13(12-8-15-18-17-12)16-11-6-7-19(9-11)14(21)10-4-2-1-3-5-10/h8,10-11H,1-7,9H2,(H,16,20)(H,15,17,18). The highest BCUT2D eigenvalue weighted by atomic mass is 16.2. The Labute approximate surface area is 123 Å². The molecule has 7 heteroatoms. The molecule has 0 spiro atoms. The highest BCUT2D eigenvalue weighted by Gasteiger charge is 2.32. The van der Waals surface area contributed by atoms with Gasteiger partial charge in [0.25, 0.3) is 5.91 Å². The summed E-state index contributed by atoms with van der Waals surface area (Å²) in [5, 5.41) is 12.7. The number of rotatable bonds is 3. The van der Waals surface area contributed by atoms with Gasteiger partial charge >= 0.3 is 0 Å². The smallest absolute Gasteiger partial charge is 0.273 e. The van der Waals surface area contributed by atoms with Crippen molar-refractivity contribution in [1.29, 1.82) is 0 Å². The summed E-state index contributed by atoms with van der Waals surface area (Å²) in [6.07, 6.45) is 7.82. The zero-order valence-electron chi connectivity index (χ0n) is 12.0. The van der Waals surface area contributed by atoms with Crippen molar-refractivity contribution in [3.05, 3.63) is 11.9 Å². The maximum Gasteiger partial charge on any atom is 0.273 e. The van der Waals surface area contributed by atoms with E-state index in [1.54, 1.807) is 0 Å². The molecule has 0 aromatic carbocycles. The average Bonchev–Trinajstić information content (AvgIpc) is 3.19. The first kappa shape index (κ1) is 14.0. The van der Waals surface area contributed by atoms with E-state index in [2.05, 4.69) is 20.7 Å². The molecule has 114 valence electrons. The number of aromatic amines is 1. The first-order chi connectivity index (χ1) is 10.2. The maximum atomic E-state index is 12.4. The van der Waals surface area contributed by atoms with E-state index < -0.39 is 0 Å². The van der Waals surface area contributed by atoms with Crippen molar-refractivity contribution in [3.8, 4) is 0 Å². The minimum atomic E-state index is -0.235. The Balaban J connectivity index is 1.50. The number of H-pyrrole nitrogens is 1. The summed E-state index contributed by atoms with van der Waals surface area (Å²) in [5.74, 6) is 0.234. The molecule has 2 fully saturated rings. The fourth-order valence-corrected chi connectivity index (χ4v) is 3.26. The molecule has 1 aliphatic carbocycles. The molecule has 21 heavy (non-hydrogen) atoms. The van der Waals surface area contributed by atoms with Crippen LogP contribution in [0.3, 0.4) is 0 Å². The number of hydrogen-bond acceptors (Lipinski definition) is 4. The molecular weight excluding hydrogens is 270 g/mol. The summed E-state index contributed by atoms with van der Waals surface area (Å²) >= 11 is 0. The Hall–Kier alpha value is -1.92. The number of hydrogen-bond donors (Lipinski definition) is 2. The van der Waals surface area contributed by atoms with Gasteiger partial charge in [-0.05, 0) is 19.3 Å². The van der Waals surface area contributed by atoms with Crippen LogP contribution in [0.15, 0.2) is 6.20 Å². The molecule has 1 aromatic rings. The van der Waals surface area contributed by atoms with Crippen molar-refractivity contribution in [1.82, 2.24) is 25.6 Å². The Morgan fingerprint density at radius 1 is 1.24 bits per heavy atom. The summed E-state index contributed by atoms with van der Waals surface area (Å²) in [6.45, 7) is 1.35. The summed E-state index contributed by atoms with van der Waals surface area (Å²) in [5.41, 5.74) is 0.284. The second kappa shape index (κ2) is 6.24. The lowest BCUT2D eigenvalue weighted by Crippen LogP contribution is -2.40. The Kier molecular flexibility index (Phi) is 4.17. The number of nitrogens with one attached hydrogen (secondary N) is 2. The third-order valence-corrected chi connectivity index (χ3v) is 4.44. The molecule has 0 bridgehead atoms. The molecule has 2 aliphatic rings. The van der Waals surface area contributed by atoms with Gasteiger partial charge in [0.1, 0.15) is 0 Å². The Morgan fingerprint density at radius 2 is 2.05 bits per heavy atom. The van der Waals surface area contributed by atoms with Crippen molar-refractivity contribution < 1.29 is 9.59 Å². The van der Waals surface area contributed by atoms with Crippen LogP contribution in [-0.4, -0.2) is 51.3 Å². The monoisotopic (exact) mass is 291 g/mol. The van der Waals surface area contributed by atoms with Crippen molar-refractivity contribution in [2.45, 2.75) is 44.6 Å². The minimum Gasteiger partial charge on any atom is -0.346 e. The second-order valence-electron chi connectivity index (χ2n) is 5.93. The first-order valence-electron chi connectivity index (χ1n) is 7.69. The largest absolute Gasteiger partial charge is 0.346 e. The molecule has 7 nitrogen and oxygen atoms in total. The zero-order valence-corrected chi connectivity index (χ0v) is 12.0. The van der Waals surface area contributed by atoms with Crippen LogP contribution in [0.2, 0.25) is 0 Å². The van der Waals surface area contributed by atoms with E-state index in [9.17, 15) is 9.59 Å². The van der Waals surface area contributed by atoms with E-state index >= 15 is 0 Å². The van der Waals surface area contributed by atoms with E-state index in [0.29, 0.717) is 6.54 Å². The third kappa shape index (κ3) is 3.22. The number of aromatic nitrogens is 3. The van der Waals surface area contributed by atoms with Gasteiger partial charge in [-0.1, -0.05) is 19.3 Å². The fourth-order valence-electron chi connectivity index (χ4n) is 3.26. The van der Waals surface area contributed by atoms with Gasteiger partial charge in [-0.25, -0.2) is 0 Å². The fraction of sp³-hybridized carbons (Fsp3) is 0.714. The molecule has 1 atom stereocenters. The van der Waals surface area contributed by atoms with Crippen LogP contribution >= 0.6 is 0 Å². The zero-order chi connectivity index (χ0) is 14.7. The van der Waals surface area contributed by atoms with E-state index in [0.717, 1.165) is 38.6 Å². The van der Waals surface area contributed by atoms with E-state index in [1.165, 1.54) is 12.6 Å². The molecular formula is C14H21N5O2. The van der Waals surface area contributed by atoms with E-state index in [1.807, 2.05) is 4.90 Å². The quantitative estimate of drug-likeness (QED) is 0.858. The number of likely N-dealkylation sites (tertiary alicyclic amines) is 1. The molecule has 1 aliphatic heterocycles. The third-order valence-electron chi connectivity index (χ3n) is 4.44. The molecule has 2 N–H and O–H groups in total. The summed E-state index contributed by atoms with van der Waals surface area (Å²) in [4.78, 5) is 26.3. The van der Waals surface area contributed by atoms with Gasteiger partial charge in [-0.15, -0.1) is 0 Å². The van der Waals surface area contributed by atoms with Gasteiger partial charge in [0.15, 0.2) is 5.69 Å². The van der Waals surface area contributed by atoms with Crippen LogP contribution in [0.5, 0.6) is 0 Å². The average molecular weight is 291 g/mol. The van der Waals surface area contributed by atoms with Crippen LogP contribution in [-0.2, 0) is 4.79 Å². The van der Waals surface area contributed by atoms with Crippen molar-refractivity contribution >= 4 is 11.8 Å². The van der Waals surface area contributed by atoms with Crippen LogP contribution in [0, 0.1) is 5.92 Å². The molecule has 1 unspecified atom stereocenters. The number of carbonyl (C=O) groups is 2. The van der Waals surface area contributed by atoms with E-state index in [-0.39, 0.29) is 29.5 Å². The van der Waals surface area contributed by atoms with Crippen LogP contribution in [0.25, 0.3) is 0 Å². The predicted octanol–water partition coefficient (Wildman–Crippen LogP) is 0.716. The molecule has 1 aromatic heterocycles. The molecule has 0 radical (unpaired) electrons. The van der Waals surface area contributed by atoms with Gasteiger partial charge in [0, 0.05) is 25.0 Å². The Bertz CT molecular complexity index is 495. The van der Waals surface area contributed by atoms with Gasteiger partial charge in [0.05, 0.1) is 6.20 Å².